The van der Waals surface area contributed by atoms with Gasteiger partial charge in [-0.25, -0.2) is 8.42 Å². The molecule has 2 amide bonds. The van der Waals surface area contributed by atoms with Gasteiger partial charge in [-0.15, -0.1) is 0 Å². The number of hydrogen-bond acceptors (Lipinski definition) is 4. The molecule has 9 heteroatoms. The molecule has 3 N–H and O–H groups in total. The Morgan fingerprint density at radius 3 is 2.60 bits per heavy atom. The van der Waals surface area contributed by atoms with Crippen LogP contribution >= 0.6 is 0 Å². The molecule has 2 rings (SSSR count). The lowest BCUT2D eigenvalue weighted by Gasteiger charge is -2.29. The minimum absolute atomic E-state index is 0.419. The van der Waals surface area contributed by atoms with Crippen molar-refractivity contribution < 1.29 is 22.9 Å². The molecule has 8 nitrogen and oxygen atoms in total. The topological polar surface area (TPSA) is 100 Å². The van der Waals surface area contributed by atoms with Crippen LogP contribution < -0.4 is 19.8 Å². The van der Waals surface area contributed by atoms with Crippen LogP contribution in [0.5, 0.6) is 0 Å². The highest BCUT2D eigenvalue weighted by Crippen LogP contribution is 2.31. The van der Waals surface area contributed by atoms with Crippen molar-refractivity contribution in [2.75, 3.05) is 49.6 Å². The molecule has 1 heterocycles. The third-order valence-corrected chi connectivity index (χ3v) is 5.11. The van der Waals surface area contributed by atoms with E-state index in [0.29, 0.717) is 30.9 Å². The van der Waals surface area contributed by atoms with Crippen LogP contribution in [0.3, 0.4) is 0 Å². The number of likely N-dealkylation sites (N-methyl/N-ethyl adjacent to an activating group) is 1. The molecule has 0 spiro atoms. The Bertz CT molecular complexity index is 761. The van der Waals surface area contributed by atoms with E-state index < -0.39 is 21.8 Å². The van der Waals surface area contributed by atoms with E-state index in [9.17, 15) is 18.0 Å². The summed E-state index contributed by atoms with van der Waals surface area (Å²) in [6.45, 7) is 1.59. The molecule has 0 atom stereocenters. The summed E-state index contributed by atoms with van der Waals surface area (Å²) in [6.07, 6.45) is 2.62. The molecular formula is C16H25N4O4S+. The number of quaternary nitrogens is 1. The van der Waals surface area contributed by atoms with E-state index in [1.807, 2.05) is 14.1 Å². The van der Waals surface area contributed by atoms with Gasteiger partial charge in [0.05, 0.1) is 39.1 Å². The first-order valence-corrected chi connectivity index (χ1v) is 10.0. The van der Waals surface area contributed by atoms with Gasteiger partial charge in [0.15, 0.2) is 0 Å². The van der Waals surface area contributed by atoms with Gasteiger partial charge in [0.2, 0.25) is 10.0 Å². The van der Waals surface area contributed by atoms with Crippen LogP contribution in [0.4, 0.5) is 11.4 Å². The van der Waals surface area contributed by atoms with Crippen molar-refractivity contribution in [3.05, 3.63) is 23.8 Å². The van der Waals surface area contributed by atoms with Crippen LogP contribution in [0.1, 0.15) is 12.0 Å². The molecule has 138 valence electrons. The third-order valence-electron chi connectivity index (χ3n) is 3.93. The summed E-state index contributed by atoms with van der Waals surface area (Å²) < 4.78 is 25.1. The van der Waals surface area contributed by atoms with Crippen LogP contribution in [0.25, 0.3) is 0 Å². The second-order valence-corrected chi connectivity index (χ2v) is 8.36. The number of sulfonamides is 1. The van der Waals surface area contributed by atoms with Crippen molar-refractivity contribution in [1.29, 1.82) is 0 Å². The number of rotatable bonds is 5. The predicted octanol–water partition coefficient (Wildman–Crippen LogP) is -1.40. The highest BCUT2D eigenvalue weighted by Gasteiger charge is 2.24. The fraction of sp³-hybridized carbons (Fsp3) is 0.500. The molecule has 0 unspecified atom stereocenters. The number of nitrogens with zero attached hydrogens (tertiary/aromatic N) is 1. The zero-order chi connectivity index (χ0) is 18.6. The average Bonchev–Trinajstić information content (AvgIpc) is 2.52. The molecule has 0 fully saturated rings. The molecular weight excluding hydrogens is 344 g/mol. The van der Waals surface area contributed by atoms with Crippen molar-refractivity contribution in [3.63, 3.8) is 0 Å². The minimum atomic E-state index is -3.33. The van der Waals surface area contributed by atoms with E-state index in [4.69, 9.17) is 0 Å². The molecule has 1 aromatic rings. The molecule has 0 aliphatic carbocycles. The predicted molar refractivity (Wildman–Crippen MR) is 96.3 cm³/mol. The average molecular weight is 369 g/mol. The molecule has 0 aromatic heterocycles. The van der Waals surface area contributed by atoms with Crippen LogP contribution in [-0.4, -0.2) is 60.2 Å². The molecule has 1 aliphatic heterocycles. The number of carbonyl (C=O) groups is 2. The lowest BCUT2D eigenvalue weighted by molar-refractivity contribution is -0.856. The number of anilines is 2. The maximum absolute atomic E-state index is 11.9. The zero-order valence-corrected chi connectivity index (χ0v) is 15.6. The van der Waals surface area contributed by atoms with Gasteiger partial charge in [0, 0.05) is 12.2 Å². The first-order chi connectivity index (χ1) is 11.7. The summed E-state index contributed by atoms with van der Waals surface area (Å²) in [5, 5.41) is 5.12. The number of amides is 2. The first kappa shape index (κ1) is 19.2. The second-order valence-electron chi connectivity index (χ2n) is 6.45. The van der Waals surface area contributed by atoms with Crippen LogP contribution in [0, 0.1) is 0 Å². The lowest BCUT2D eigenvalue weighted by atomic mass is 10.0. The largest absolute Gasteiger partial charge is 0.342 e. The molecule has 0 bridgehead atoms. The fourth-order valence-electron chi connectivity index (χ4n) is 2.68. The van der Waals surface area contributed by atoms with Crippen molar-refractivity contribution in [3.8, 4) is 0 Å². The van der Waals surface area contributed by atoms with Gasteiger partial charge in [-0.3, -0.25) is 13.9 Å². The quantitative estimate of drug-likeness (QED) is 0.556. The number of hydrogen-bond donors (Lipinski definition) is 3. The summed E-state index contributed by atoms with van der Waals surface area (Å²) in [6, 6.07) is 5.00. The zero-order valence-electron chi connectivity index (χ0n) is 14.8. The van der Waals surface area contributed by atoms with Gasteiger partial charge < -0.3 is 15.5 Å². The number of benzene rings is 1. The Balaban J connectivity index is 2.05. The molecule has 25 heavy (non-hydrogen) atoms. The smallest absolute Gasteiger partial charge is 0.313 e. The highest BCUT2D eigenvalue weighted by molar-refractivity contribution is 7.92. The Labute approximate surface area is 148 Å². The molecule has 0 radical (unpaired) electrons. The monoisotopic (exact) mass is 369 g/mol. The number of carbonyl (C=O) groups excluding carboxylic acids is 2. The second kappa shape index (κ2) is 7.83. The molecule has 0 saturated carbocycles. The van der Waals surface area contributed by atoms with Crippen molar-refractivity contribution in [1.82, 2.24) is 5.32 Å². The summed E-state index contributed by atoms with van der Waals surface area (Å²) in [7, 11) is 0.589. The molecule has 1 aliphatic rings. The van der Waals surface area contributed by atoms with Crippen LogP contribution in [-0.2, 0) is 26.0 Å². The molecule has 1 aromatic carbocycles. The SMILES string of the molecule is C[NH+](C)CCNC(=O)C(=O)Nc1ccc2c(c1)CCCN2S(C)(=O)=O. The van der Waals surface area contributed by atoms with Crippen molar-refractivity contribution >= 4 is 33.2 Å². The summed E-state index contributed by atoms with van der Waals surface area (Å²) in [5.74, 6) is -1.42. The summed E-state index contributed by atoms with van der Waals surface area (Å²) in [4.78, 5) is 24.9. The normalized spacial score (nSPS) is 14.2. The van der Waals surface area contributed by atoms with E-state index in [0.717, 1.165) is 18.5 Å². The van der Waals surface area contributed by atoms with Gasteiger partial charge in [-0.2, -0.15) is 0 Å². The van der Waals surface area contributed by atoms with Crippen LogP contribution in [0.2, 0.25) is 0 Å². The Morgan fingerprint density at radius 1 is 1.24 bits per heavy atom. The maximum atomic E-state index is 11.9. The minimum Gasteiger partial charge on any atom is -0.342 e. The fourth-order valence-corrected chi connectivity index (χ4v) is 3.68. The van der Waals surface area contributed by atoms with E-state index in [1.165, 1.54) is 15.5 Å². The van der Waals surface area contributed by atoms with E-state index in [2.05, 4.69) is 10.6 Å². The van der Waals surface area contributed by atoms with E-state index >= 15 is 0 Å². The third kappa shape index (κ3) is 5.17. The van der Waals surface area contributed by atoms with Gasteiger partial charge >= 0.3 is 11.8 Å². The van der Waals surface area contributed by atoms with Gasteiger partial charge in [-0.1, -0.05) is 0 Å². The standard InChI is InChI=1S/C16H24N4O4S/c1-19(2)10-8-17-15(21)16(22)18-13-6-7-14-12(11-13)5-4-9-20(14)25(3,23)24/h6-7,11H,4-5,8-10H2,1-3H3,(H,17,21)(H,18,22)/p+1. The first-order valence-electron chi connectivity index (χ1n) is 8.17. The summed E-state index contributed by atoms with van der Waals surface area (Å²) >= 11 is 0. The molecule has 0 saturated heterocycles. The Kier molecular flexibility index (Phi) is 6.02. The van der Waals surface area contributed by atoms with E-state index in [-0.39, 0.29) is 0 Å². The highest BCUT2D eigenvalue weighted by atomic mass is 32.2. The Morgan fingerprint density at radius 2 is 1.96 bits per heavy atom. The van der Waals surface area contributed by atoms with Gasteiger partial charge in [0.1, 0.15) is 0 Å². The van der Waals surface area contributed by atoms with Crippen molar-refractivity contribution in [2.45, 2.75) is 12.8 Å². The number of fused-ring (bicyclic) bond motifs is 1. The Hall–Kier alpha value is -2.13. The summed E-state index contributed by atoms with van der Waals surface area (Å²) in [5.41, 5.74) is 1.95. The number of aryl methyl sites for hydroxylation is 1. The van der Waals surface area contributed by atoms with Crippen molar-refractivity contribution in [2.24, 2.45) is 0 Å². The van der Waals surface area contributed by atoms with E-state index in [1.54, 1.807) is 18.2 Å². The van der Waals surface area contributed by atoms with Gasteiger partial charge in [0.25, 0.3) is 0 Å². The lowest BCUT2D eigenvalue weighted by Crippen LogP contribution is -3.06. The van der Waals surface area contributed by atoms with Crippen LogP contribution in [0.15, 0.2) is 18.2 Å². The maximum Gasteiger partial charge on any atom is 0.313 e. The van der Waals surface area contributed by atoms with Gasteiger partial charge in [-0.05, 0) is 36.6 Å². The number of nitrogens with one attached hydrogen (secondary N) is 3.